The van der Waals surface area contributed by atoms with Gasteiger partial charge < -0.3 is 14.6 Å². The molecule has 0 bridgehead atoms. The molecule has 2 rings (SSSR count). The van der Waals surface area contributed by atoms with Gasteiger partial charge in [0.1, 0.15) is 11.7 Å². The fraction of sp³-hybridized carbons (Fsp3) is 0.536. The summed E-state index contributed by atoms with van der Waals surface area (Å²) in [4.78, 5) is 12.4. The molecule has 176 valence electrons. The van der Waals surface area contributed by atoms with E-state index in [1.807, 2.05) is 55.5 Å². The molecule has 2 unspecified atom stereocenters. The first-order chi connectivity index (χ1) is 15.5. The molecule has 2 aromatic rings. The Balaban J connectivity index is 1.84. The van der Waals surface area contributed by atoms with Crippen molar-refractivity contribution in [3.8, 4) is 5.75 Å². The van der Waals surface area contributed by atoms with Gasteiger partial charge in [0.05, 0.1) is 19.8 Å². The second-order valence-corrected chi connectivity index (χ2v) is 8.65. The quantitative estimate of drug-likeness (QED) is 0.258. The molecule has 4 heteroatoms. The Kier molecular flexibility index (Phi) is 11.9. The summed E-state index contributed by atoms with van der Waals surface area (Å²) in [5.74, 6) is -0.381. The molecule has 0 saturated carbocycles. The van der Waals surface area contributed by atoms with Crippen LogP contribution in [0.1, 0.15) is 80.9 Å². The lowest BCUT2D eigenvalue weighted by Crippen LogP contribution is -2.29. The van der Waals surface area contributed by atoms with Crippen LogP contribution in [-0.2, 0) is 16.0 Å². The SMILES string of the molecule is CCCCCCCCCCOc1ccc(C(C(=O)OC)C(O)Cc2ccc(C)cc2)cc1. The molecule has 0 heterocycles. The maximum absolute atomic E-state index is 12.4. The fourth-order valence-electron chi connectivity index (χ4n) is 3.92. The maximum atomic E-state index is 12.4. The van der Waals surface area contributed by atoms with Crippen molar-refractivity contribution < 1.29 is 19.4 Å². The summed E-state index contributed by atoms with van der Waals surface area (Å²) in [6, 6.07) is 15.4. The maximum Gasteiger partial charge on any atom is 0.315 e. The van der Waals surface area contributed by atoms with Gasteiger partial charge in [-0.05, 0) is 43.0 Å². The molecular weight excluding hydrogens is 400 g/mol. The highest BCUT2D eigenvalue weighted by atomic mass is 16.5. The Morgan fingerprint density at radius 3 is 2.06 bits per heavy atom. The van der Waals surface area contributed by atoms with Crippen LogP contribution in [-0.4, -0.2) is 30.9 Å². The van der Waals surface area contributed by atoms with Gasteiger partial charge in [-0.25, -0.2) is 0 Å². The largest absolute Gasteiger partial charge is 0.494 e. The third-order valence-corrected chi connectivity index (χ3v) is 5.91. The lowest BCUT2D eigenvalue weighted by atomic mass is 9.89. The highest BCUT2D eigenvalue weighted by Crippen LogP contribution is 2.26. The van der Waals surface area contributed by atoms with E-state index < -0.39 is 18.0 Å². The van der Waals surface area contributed by atoms with E-state index in [1.165, 1.54) is 52.1 Å². The van der Waals surface area contributed by atoms with Gasteiger partial charge in [-0.1, -0.05) is 93.8 Å². The number of esters is 1. The monoisotopic (exact) mass is 440 g/mol. The summed E-state index contributed by atoms with van der Waals surface area (Å²) in [7, 11) is 1.36. The van der Waals surface area contributed by atoms with Crippen molar-refractivity contribution in [1.82, 2.24) is 0 Å². The number of benzene rings is 2. The average Bonchev–Trinajstić information content (AvgIpc) is 2.80. The molecule has 4 nitrogen and oxygen atoms in total. The van der Waals surface area contributed by atoms with Crippen molar-refractivity contribution in [2.75, 3.05) is 13.7 Å². The van der Waals surface area contributed by atoms with Gasteiger partial charge in [0.2, 0.25) is 0 Å². The number of aryl methyl sites for hydroxylation is 1. The Morgan fingerprint density at radius 2 is 1.47 bits per heavy atom. The van der Waals surface area contributed by atoms with Gasteiger partial charge >= 0.3 is 5.97 Å². The van der Waals surface area contributed by atoms with Gasteiger partial charge in [-0.15, -0.1) is 0 Å². The molecule has 0 aliphatic carbocycles. The second kappa shape index (κ2) is 14.7. The summed E-state index contributed by atoms with van der Waals surface area (Å²) < 4.78 is 10.8. The standard InChI is InChI=1S/C28H40O4/c1-4-5-6-7-8-9-10-11-20-32-25-18-16-24(17-19-25)27(28(30)31-3)26(29)21-23-14-12-22(2)13-15-23/h12-19,26-27,29H,4-11,20-21H2,1-3H3. The summed E-state index contributed by atoms with van der Waals surface area (Å²) in [5, 5.41) is 10.8. The minimum absolute atomic E-state index is 0.386. The number of aliphatic hydroxyl groups excluding tert-OH is 1. The van der Waals surface area contributed by atoms with E-state index in [0.717, 1.165) is 28.9 Å². The van der Waals surface area contributed by atoms with Crippen molar-refractivity contribution in [2.45, 2.75) is 83.7 Å². The second-order valence-electron chi connectivity index (χ2n) is 8.65. The predicted octanol–water partition coefficient (Wildman–Crippen LogP) is 6.37. The van der Waals surface area contributed by atoms with Crippen molar-refractivity contribution in [3.05, 3.63) is 65.2 Å². The van der Waals surface area contributed by atoms with Gasteiger partial charge in [-0.3, -0.25) is 4.79 Å². The molecule has 2 atom stereocenters. The van der Waals surface area contributed by atoms with Crippen LogP contribution >= 0.6 is 0 Å². The van der Waals surface area contributed by atoms with Crippen molar-refractivity contribution in [2.24, 2.45) is 0 Å². The Morgan fingerprint density at radius 1 is 0.875 bits per heavy atom. The zero-order valence-electron chi connectivity index (χ0n) is 20.0. The number of aliphatic hydroxyl groups is 1. The van der Waals surface area contributed by atoms with Crippen molar-refractivity contribution in [3.63, 3.8) is 0 Å². The zero-order chi connectivity index (χ0) is 23.2. The molecule has 0 aliphatic heterocycles. The number of ether oxygens (including phenoxy) is 2. The topological polar surface area (TPSA) is 55.8 Å². The van der Waals surface area contributed by atoms with E-state index in [2.05, 4.69) is 6.92 Å². The normalized spacial score (nSPS) is 12.9. The Bertz CT molecular complexity index is 767. The highest BCUT2D eigenvalue weighted by Gasteiger charge is 2.29. The van der Waals surface area contributed by atoms with E-state index >= 15 is 0 Å². The molecule has 0 amide bonds. The van der Waals surface area contributed by atoms with Crippen LogP contribution in [0, 0.1) is 6.92 Å². The molecule has 0 fully saturated rings. The third kappa shape index (κ3) is 9.04. The minimum atomic E-state index is -0.866. The molecule has 0 aromatic heterocycles. The Labute approximate surface area is 194 Å². The van der Waals surface area contributed by atoms with Crippen LogP contribution in [0.25, 0.3) is 0 Å². The number of hydrogen-bond donors (Lipinski definition) is 1. The number of carbonyl (C=O) groups excluding carboxylic acids is 1. The smallest absolute Gasteiger partial charge is 0.315 e. The first-order valence-electron chi connectivity index (χ1n) is 12.1. The molecule has 2 aromatic carbocycles. The van der Waals surface area contributed by atoms with Crippen LogP contribution < -0.4 is 4.74 Å². The van der Waals surface area contributed by atoms with Crippen LogP contribution in [0.15, 0.2) is 48.5 Å². The van der Waals surface area contributed by atoms with E-state index in [4.69, 9.17) is 9.47 Å². The zero-order valence-corrected chi connectivity index (χ0v) is 20.0. The molecule has 0 saturated heterocycles. The fourth-order valence-corrected chi connectivity index (χ4v) is 3.92. The lowest BCUT2D eigenvalue weighted by Gasteiger charge is -2.21. The van der Waals surface area contributed by atoms with Crippen LogP contribution in [0.2, 0.25) is 0 Å². The predicted molar refractivity (Wildman–Crippen MR) is 130 cm³/mol. The summed E-state index contributed by atoms with van der Waals surface area (Å²) in [6.45, 7) is 4.97. The van der Waals surface area contributed by atoms with Crippen LogP contribution in [0.3, 0.4) is 0 Å². The van der Waals surface area contributed by atoms with E-state index in [-0.39, 0.29) is 0 Å². The number of unbranched alkanes of at least 4 members (excludes halogenated alkanes) is 7. The number of rotatable bonds is 15. The van der Waals surface area contributed by atoms with E-state index in [1.54, 1.807) is 0 Å². The third-order valence-electron chi connectivity index (χ3n) is 5.91. The van der Waals surface area contributed by atoms with Gasteiger partial charge in [0, 0.05) is 0 Å². The number of carbonyl (C=O) groups is 1. The van der Waals surface area contributed by atoms with Crippen LogP contribution in [0.4, 0.5) is 0 Å². The van der Waals surface area contributed by atoms with Gasteiger partial charge in [0.25, 0.3) is 0 Å². The lowest BCUT2D eigenvalue weighted by molar-refractivity contribution is -0.145. The van der Waals surface area contributed by atoms with Crippen molar-refractivity contribution in [1.29, 1.82) is 0 Å². The summed E-state index contributed by atoms with van der Waals surface area (Å²) in [6.07, 6.45) is 9.68. The number of methoxy groups -OCH3 is 1. The average molecular weight is 441 g/mol. The van der Waals surface area contributed by atoms with Gasteiger partial charge in [0.15, 0.2) is 0 Å². The summed E-state index contributed by atoms with van der Waals surface area (Å²) in [5.41, 5.74) is 2.88. The van der Waals surface area contributed by atoms with Crippen molar-refractivity contribution >= 4 is 5.97 Å². The molecule has 0 radical (unpaired) electrons. The van der Waals surface area contributed by atoms with E-state index in [9.17, 15) is 9.90 Å². The molecule has 1 N–H and O–H groups in total. The molecule has 32 heavy (non-hydrogen) atoms. The molecule has 0 aliphatic rings. The summed E-state index contributed by atoms with van der Waals surface area (Å²) >= 11 is 0. The van der Waals surface area contributed by atoms with E-state index in [0.29, 0.717) is 13.0 Å². The Hall–Kier alpha value is -2.33. The molecule has 0 spiro atoms. The first kappa shape index (κ1) is 25.9. The van der Waals surface area contributed by atoms with Crippen LogP contribution in [0.5, 0.6) is 5.75 Å². The number of hydrogen-bond acceptors (Lipinski definition) is 4. The molecular formula is C28H40O4. The minimum Gasteiger partial charge on any atom is -0.494 e. The highest BCUT2D eigenvalue weighted by molar-refractivity contribution is 5.79. The van der Waals surface area contributed by atoms with Gasteiger partial charge in [-0.2, -0.15) is 0 Å². The first-order valence-corrected chi connectivity index (χ1v) is 12.1.